The summed E-state index contributed by atoms with van der Waals surface area (Å²) >= 11 is 0. The van der Waals surface area contributed by atoms with Crippen molar-refractivity contribution < 1.29 is 32.0 Å². The molecule has 3 N–H and O–H groups in total. The van der Waals surface area contributed by atoms with Crippen molar-refractivity contribution in [1.82, 2.24) is 25.1 Å². The van der Waals surface area contributed by atoms with Crippen LogP contribution in [0.4, 0.5) is 5.82 Å². The van der Waals surface area contributed by atoms with Crippen LogP contribution < -0.4 is 21.7 Å². The molecule has 258 valence electrons. The number of aromatic nitrogens is 4. The highest BCUT2D eigenvalue weighted by Gasteiger charge is 2.39. The molecule has 0 unspecified atom stereocenters. The van der Waals surface area contributed by atoms with Crippen LogP contribution in [0, 0.1) is 6.92 Å². The molecule has 5 rings (SSSR count). The van der Waals surface area contributed by atoms with E-state index in [0.29, 0.717) is 39.4 Å². The van der Waals surface area contributed by atoms with Crippen LogP contribution >= 0.6 is 15.2 Å². The highest BCUT2D eigenvalue weighted by Crippen LogP contribution is 2.53. The molecule has 0 bridgehead atoms. The van der Waals surface area contributed by atoms with E-state index in [1.807, 2.05) is 37.3 Å². The third kappa shape index (κ3) is 7.68. The van der Waals surface area contributed by atoms with Crippen molar-refractivity contribution in [3.63, 3.8) is 0 Å². The summed E-state index contributed by atoms with van der Waals surface area (Å²) in [5, 5.41) is 8.51. The van der Waals surface area contributed by atoms with Crippen LogP contribution in [-0.2, 0) is 33.8 Å². The van der Waals surface area contributed by atoms with Gasteiger partial charge in [-0.25, -0.2) is 14.6 Å². The molecule has 0 aliphatic rings. The molecule has 5 aromatic rings. The molecule has 0 radical (unpaired) electrons. The Hall–Kier alpha value is -4.22. The molecule has 0 aliphatic heterocycles. The molecule has 3 aromatic carbocycles. The van der Waals surface area contributed by atoms with E-state index in [-0.39, 0.29) is 49.5 Å². The Kier molecular flexibility index (Phi) is 11.4. The predicted octanol–water partition coefficient (Wildman–Crippen LogP) is 6.09. The minimum atomic E-state index is -3.95. The summed E-state index contributed by atoms with van der Waals surface area (Å²) in [7, 11) is -7.83. The molecule has 0 saturated carbocycles. The number of aryl methyl sites for hydroxylation is 1. The molecule has 2 heterocycles. The average molecular weight is 707 g/mol. The Morgan fingerprint density at radius 2 is 1.45 bits per heavy atom. The fraction of sp³-hybridized carbons (Fsp3) is 0.294. The van der Waals surface area contributed by atoms with Crippen molar-refractivity contribution in [2.24, 2.45) is 0 Å². The van der Waals surface area contributed by atoms with Crippen LogP contribution in [0.1, 0.15) is 49.2 Å². The highest BCUT2D eigenvalue weighted by atomic mass is 31.2. The van der Waals surface area contributed by atoms with Gasteiger partial charge in [0.25, 0.3) is 5.91 Å². The Bertz CT molecular complexity index is 2030. The number of hydrogen-bond donors (Lipinski definition) is 2. The zero-order valence-electron chi connectivity index (χ0n) is 28.1. The third-order valence-electron chi connectivity index (χ3n) is 7.45. The second-order valence-electron chi connectivity index (χ2n) is 10.8. The van der Waals surface area contributed by atoms with Gasteiger partial charge in [-0.2, -0.15) is 5.10 Å². The molecule has 0 atom stereocenters. The van der Waals surface area contributed by atoms with Gasteiger partial charge in [0.2, 0.25) is 0 Å². The van der Waals surface area contributed by atoms with Crippen LogP contribution in [0.15, 0.2) is 73.1 Å². The lowest BCUT2D eigenvalue weighted by Crippen LogP contribution is -2.30. The van der Waals surface area contributed by atoms with E-state index in [4.69, 9.17) is 28.9 Å². The first-order valence-electron chi connectivity index (χ1n) is 15.9. The van der Waals surface area contributed by atoms with E-state index < -0.39 is 15.2 Å². The molecule has 15 heteroatoms. The molecule has 1 amide bonds. The number of rotatable bonds is 15. The summed E-state index contributed by atoms with van der Waals surface area (Å²) in [6.07, 6.45) is 1.38. The highest BCUT2D eigenvalue weighted by molar-refractivity contribution is 7.68. The first kappa shape index (κ1) is 36.1. The summed E-state index contributed by atoms with van der Waals surface area (Å²) in [5.41, 5.74) is 10.9. The largest absolute Gasteiger partial charge is 0.383 e. The van der Waals surface area contributed by atoms with Gasteiger partial charge in [-0.15, -0.1) is 0 Å². The first-order chi connectivity index (χ1) is 23.6. The van der Waals surface area contributed by atoms with Gasteiger partial charge in [0.15, 0.2) is 5.65 Å². The minimum absolute atomic E-state index is 0.0498. The number of carbonyl (C=O) groups excluding carboxylic acids is 1. The van der Waals surface area contributed by atoms with Gasteiger partial charge in [0, 0.05) is 17.7 Å². The van der Waals surface area contributed by atoms with Gasteiger partial charge >= 0.3 is 15.2 Å². The lowest BCUT2D eigenvalue weighted by atomic mass is 10.1. The van der Waals surface area contributed by atoms with Crippen molar-refractivity contribution in [1.29, 1.82) is 0 Å². The van der Waals surface area contributed by atoms with Gasteiger partial charge < -0.3 is 29.1 Å². The Morgan fingerprint density at radius 3 is 2.08 bits per heavy atom. The number of carbonyl (C=O) groups is 1. The Labute approximate surface area is 285 Å². The summed E-state index contributed by atoms with van der Waals surface area (Å²) in [6, 6.07) is 19.6. The molecule has 13 nitrogen and oxygen atoms in total. The van der Waals surface area contributed by atoms with Crippen molar-refractivity contribution in [3.05, 3.63) is 89.7 Å². The third-order valence-corrected chi connectivity index (χ3v) is 12.0. The average Bonchev–Trinajstić information content (AvgIpc) is 3.49. The maximum atomic E-state index is 14.0. The Balaban J connectivity index is 1.46. The number of benzene rings is 3. The van der Waals surface area contributed by atoms with Gasteiger partial charge in [-0.05, 0) is 70.5 Å². The van der Waals surface area contributed by atoms with Crippen LogP contribution in [0.2, 0.25) is 0 Å². The number of nitrogens with zero attached hydrogens (tertiary/aromatic N) is 4. The van der Waals surface area contributed by atoms with Gasteiger partial charge in [-0.3, -0.25) is 13.9 Å². The summed E-state index contributed by atoms with van der Waals surface area (Å²) < 4.78 is 51.8. The smallest absolute Gasteiger partial charge is 0.362 e. The quantitative estimate of drug-likeness (QED) is 0.121. The summed E-state index contributed by atoms with van der Waals surface area (Å²) in [5.74, 6) is -0.0767. The molecule has 0 saturated heterocycles. The molecule has 49 heavy (non-hydrogen) atoms. The van der Waals surface area contributed by atoms with Crippen LogP contribution in [0.25, 0.3) is 28.0 Å². The van der Waals surface area contributed by atoms with E-state index in [0.717, 1.165) is 11.1 Å². The number of nitrogen functional groups attached to an aromatic ring is 1. The van der Waals surface area contributed by atoms with Crippen LogP contribution in [-0.4, -0.2) is 52.1 Å². The van der Waals surface area contributed by atoms with Crippen LogP contribution in [0.5, 0.6) is 0 Å². The predicted molar refractivity (Wildman–Crippen MR) is 190 cm³/mol. The number of anilines is 1. The standard InChI is InChI=1S/C34H40N6O7P2/c1-6-44-48(42,45-7-2)28-18-15-24(19-29(28)49(43,46-8-3)47-9-4)21-36-34(41)26-11-10-12-27(20-26)40-33-30(32(35)37-22-38-33)31(39-40)25-16-13-23(5)14-17-25/h10-20,22H,6-9,21H2,1-5H3,(H,36,41)(H2,35,37,38). The second-order valence-corrected chi connectivity index (χ2v) is 14.8. The van der Waals surface area contributed by atoms with Crippen molar-refractivity contribution in [2.45, 2.75) is 41.2 Å². The SMILES string of the molecule is CCOP(=O)(OCC)c1ccc(CNC(=O)c2cccc(-n3nc(-c4ccc(C)cc4)c4c(N)ncnc43)c2)cc1P(=O)(OCC)OCC. The van der Waals surface area contributed by atoms with E-state index in [2.05, 4.69) is 15.3 Å². The molecule has 2 aromatic heterocycles. The van der Waals surface area contributed by atoms with E-state index in [1.165, 1.54) is 12.4 Å². The van der Waals surface area contributed by atoms with E-state index in [9.17, 15) is 13.9 Å². The number of amides is 1. The maximum Gasteiger partial charge on any atom is 0.362 e. The minimum Gasteiger partial charge on any atom is -0.383 e. The molecule has 0 aliphatic carbocycles. The Morgan fingerprint density at radius 1 is 0.816 bits per heavy atom. The monoisotopic (exact) mass is 706 g/mol. The lowest BCUT2D eigenvalue weighted by Gasteiger charge is -2.24. The van der Waals surface area contributed by atoms with Gasteiger partial charge in [0.05, 0.1) is 48.1 Å². The van der Waals surface area contributed by atoms with Crippen molar-refractivity contribution in [2.75, 3.05) is 32.2 Å². The molecular formula is C34H40N6O7P2. The summed E-state index contributed by atoms with van der Waals surface area (Å²) in [6.45, 7) is 9.17. The molecular weight excluding hydrogens is 666 g/mol. The van der Waals surface area contributed by atoms with Crippen molar-refractivity contribution >= 4 is 48.6 Å². The van der Waals surface area contributed by atoms with E-state index >= 15 is 0 Å². The number of hydrogen-bond acceptors (Lipinski definition) is 11. The van der Waals surface area contributed by atoms with Gasteiger partial charge in [-0.1, -0.05) is 42.0 Å². The van der Waals surface area contributed by atoms with Crippen molar-refractivity contribution in [3.8, 4) is 16.9 Å². The number of nitrogens with two attached hydrogens (primary N) is 1. The van der Waals surface area contributed by atoms with E-state index in [1.54, 1.807) is 62.7 Å². The molecule has 0 fully saturated rings. The fourth-order valence-electron chi connectivity index (χ4n) is 5.29. The van der Waals surface area contributed by atoms with Crippen LogP contribution in [0.3, 0.4) is 0 Å². The number of nitrogens with one attached hydrogen (secondary N) is 1. The zero-order chi connectivity index (χ0) is 35.2. The lowest BCUT2D eigenvalue weighted by molar-refractivity contribution is 0.0950. The molecule has 0 spiro atoms. The summed E-state index contributed by atoms with van der Waals surface area (Å²) in [4.78, 5) is 22.1. The number of fused-ring (bicyclic) bond motifs is 1. The normalized spacial score (nSPS) is 12.0. The maximum absolute atomic E-state index is 14.0. The van der Waals surface area contributed by atoms with Gasteiger partial charge in [0.1, 0.15) is 17.8 Å². The first-order valence-corrected chi connectivity index (χ1v) is 19.0. The zero-order valence-corrected chi connectivity index (χ0v) is 29.9. The topological polar surface area (TPSA) is 170 Å². The second kappa shape index (κ2) is 15.6. The fourth-order valence-corrected chi connectivity index (χ4v) is 9.38.